The lowest BCUT2D eigenvalue weighted by molar-refractivity contribution is -0.136. The largest absolute Gasteiger partial charge is 0.481 e. The average Bonchev–Trinajstić information content (AvgIpc) is 3.15. The predicted octanol–water partition coefficient (Wildman–Crippen LogP) is 4.11. The highest BCUT2D eigenvalue weighted by Crippen LogP contribution is 2.34. The second-order valence-corrected chi connectivity index (χ2v) is 6.71. The number of hydrogen-bond donors (Lipinski definition) is 2. The molecule has 0 atom stereocenters. The average molecular weight is 330 g/mol. The first kappa shape index (κ1) is 14.7. The Kier molecular flexibility index (Phi) is 4.50. The van der Waals surface area contributed by atoms with Gasteiger partial charge in [-0.05, 0) is 17.0 Å². The summed E-state index contributed by atoms with van der Waals surface area (Å²) in [7, 11) is 0. The van der Waals surface area contributed by atoms with Crippen LogP contribution < -0.4 is 5.32 Å². The van der Waals surface area contributed by atoms with E-state index in [0.29, 0.717) is 6.54 Å². The minimum Gasteiger partial charge on any atom is -0.481 e. The Bertz CT molecular complexity index is 752. The third-order valence-electron chi connectivity index (χ3n) is 3.05. The van der Waals surface area contributed by atoms with Gasteiger partial charge in [0, 0.05) is 11.4 Å². The Balaban J connectivity index is 1.81. The van der Waals surface area contributed by atoms with Crippen LogP contribution in [0.15, 0.2) is 47.8 Å². The molecule has 0 radical (unpaired) electrons. The van der Waals surface area contributed by atoms with Crippen LogP contribution in [0, 0.1) is 0 Å². The maximum absolute atomic E-state index is 11.0. The van der Waals surface area contributed by atoms with Crippen LogP contribution in [0.3, 0.4) is 0 Å². The molecule has 2 heterocycles. The number of carbonyl (C=O) groups is 1. The van der Waals surface area contributed by atoms with Crippen molar-refractivity contribution >= 4 is 33.8 Å². The number of thiazole rings is 1. The molecule has 0 aliphatic carbocycles. The van der Waals surface area contributed by atoms with E-state index >= 15 is 0 Å². The zero-order chi connectivity index (χ0) is 15.4. The molecule has 0 fully saturated rings. The highest BCUT2D eigenvalue weighted by Gasteiger charge is 2.16. The van der Waals surface area contributed by atoms with Crippen LogP contribution in [-0.4, -0.2) is 16.1 Å². The van der Waals surface area contributed by atoms with Crippen LogP contribution in [0.2, 0.25) is 0 Å². The number of rotatable bonds is 6. The third kappa shape index (κ3) is 3.52. The third-order valence-corrected chi connectivity index (χ3v) is 4.94. The number of aliphatic carboxylic acids is 1. The van der Waals surface area contributed by atoms with E-state index in [9.17, 15) is 4.79 Å². The number of nitrogens with zero attached hydrogens (tertiary/aromatic N) is 1. The van der Waals surface area contributed by atoms with Gasteiger partial charge < -0.3 is 10.4 Å². The molecule has 0 spiro atoms. The summed E-state index contributed by atoms with van der Waals surface area (Å²) in [6.07, 6.45) is -0.00207. The number of carboxylic acids is 1. The molecule has 3 aromatic rings. The second-order valence-electron chi connectivity index (χ2n) is 4.68. The molecule has 22 heavy (non-hydrogen) atoms. The molecule has 1 aromatic carbocycles. The number of nitrogens with one attached hydrogen (secondary N) is 1. The van der Waals surface area contributed by atoms with Crippen molar-refractivity contribution in [2.75, 3.05) is 5.32 Å². The molecule has 0 aliphatic rings. The van der Waals surface area contributed by atoms with Gasteiger partial charge >= 0.3 is 5.97 Å². The lowest BCUT2D eigenvalue weighted by atomic mass is 10.2. The van der Waals surface area contributed by atoms with Gasteiger partial charge in [0.25, 0.3) is 0 Å². The van der Waals surface area contributed by atoms with Crippen molar-refractivity contribution in [2.24, 2.45) is 0 Å². The maximum atomic E-state index is 11.0. The second kappa shape index (κ2) is 6.72. The van der Waals surface area contributed by atoms with Gasteiger partial charge in [-0.3, -0.25) is 4.79 Å². The quantitative estimate of drug-likeness (QED) is 0.714. The lowest BCUT2D eigenvalue weighted by Gasteiger charge is -2.01. The Morgan fingerprint density at radius 1 is 1.18 bits per heavy atom. The van der Waals surface area contributed by atoms with Gasteiger partial charge in [0.05, 0.1) is 17.0 Å². The van der Waals surface area contributed by atoms with Crippen molar-refractivity contribution < 1.29 is 9.90 Å². The van der Waals surface area contributed by atoms with Crippen molar-refractivity contribution in [3.63, 3.8) is 0 Å². The van der Waals surface area contributed by atoms with Crippen LogP contribution >= 0.6 is 22.7 Å². The van der Waals surface area contributed by atoms with Crippen LogP contribution in [0.1, 0.15) is 10.4 Å². The number of carboxylic acid groups (broad SMARTS) is 1. The number of thiophene rings is 1. The van der Waals surface area contributed by atoms with Gasteiger partial charge in [-0.1, -0.05) is 36.4 Å². The first-order chi connectivity index (χ1) is 10.7. The monoisotopic (exact) mass is 330 g/mol. The van der Waals surface area contributed by atoms with Gasteiger partial charge in [0.15, 0.2) is 5.13 Å². The standard InChI is InChI=1S/C16H14N2O2S2/c19-14(20)9-13-15(12-7-4-8-21-12)18-16(22-13)17-10-11-5-2-1-3-6-11/h1-8H,9-10H2,(H,17,18)(H,19,20). The van der Waals surface area contributed by atoms with Crippen LogP contribution in [0.25, 0.3) is 10.6 Å². The SMILES string of the molecule is O=C(O)Cc1sc(NCc2ccccc2)nc1-c1cccs1. The summed E-state index contributed by atoms with van der Waals surface area (Å²) in [6, 6.07) is 14.0. The summed E-state index contributed by atoms with van der Waals surface area (Å²) < 4.78 is 0. The van der Waals surface area contributed by atoms with E-state index in [1.54, 1.807) is 11.3 Å². The Morgan fingerprint density at radius 3 is 2.68 bits per heavy atom. The van der Waals surface area contributed by atoms with E-state index < -0.39 is 5.97 Å². The molecule has 0 unspecified atom stereocenters. The number of benzene rings is 1. The molecule has 112 valence electrons. The van der Waals surface area contributed by atoms with Crippen LogP contribution in [-0.2, 0) is 17.8 Å². The molecule has 0 aliphatic heterocycles. The van der Waals surface area contributed by atoms with E-state index in [0.717, 1.165) is 26.1 Å². The van der Waals surface area contributed by atoms with Crippen LogP contribution in [0.4, 0.5) is 5.13 Å². The minimum atomic E-state index is -0.837. The van der Waals surface area contributed by atoms with Gasteiger partial charge in [0.2, 0.25) is 0 Å². The summed E-state index contributed by atoms with van der Waals surface area (Å²) in [5.41, 5.74) is 1.94. The van der Waals surface area contributed by atoms with Gasteiger partial charge in [-0.2, -0.15) is 0 Å². The first-order valence-corrected chi connectivity index (χ1v) is 8.45. The van der Waals surface area contributed by atoms with Gasteiger partial charge in [0.1, 0.15) is 0 Å². The van der Waals surface area contributed by atoms with Crippen molar-refractivity contribution in [3.05, 3.63) is 58.3 Å². The van der Waals surface area contributed by atoms with Crippen molar-refractivity contribution in [3.8, 4) is 10.6 Å². The summed E-state index contributed by atoms with van der Waals surface area (Å²) in [4.78, 5) is 17.4. The predicted molar refractivity (Wildman–Crippen MR) is 90.5 cm³/mol. The number of anilines is 1. The Labute approximate surface area is 136 Å². The van der Waals surface area contributed by atoms with Crippen molar-refractivity contribution in [1.82, 2.24) is 4.98 Å². The summed E-state index contributed by atoms with van der Waals surface area (Å²) in [5.74, 6) is -0.837. The zero-order valence-corrected chi connectivity index (χ0v) is 13.3. The molecular formula is C16H14N2O2S2. The van der Waals surface area contributed by atoms with Gasteiger partial charge in [-0.25, -0.2) is 4.98 Å². The fourth-order valence-electron chi connectivity index (χ4n) is 2.06. The van der Waals surface area contributed by atoms with Crippen molar-refractivity contribution in [2.45, 2.75) is 13.0 Å². The topological polar surface area (TPSA) is 62.2 Å². The zero-order valence-electron chi connectivity index (χ0n) is 11.7. The fraction of sp³-hybridized carbons (Fsp3) is 0.125. The molecule has 3 rings (SSSR count). The minimum absolute atomic E-state index is 0.00207. The van der Waals surface area contributed by atoms with Crippen LogP contribution in [0.5, 0.6) is 0 Å². The van der Waals surface area contributed by atoms with E-state index in [4.69, 9.17) is 5.11 Å². The molecule has 2 aromatic heterocycles. The number of hydrogen-bond acceptors (Lipinski definition) is 5. The normalized spacial score (nSPS) is 10.5. The van der Waals surface area contributed by atoms with E-state index in [2.05, 4.69) is 10.3 Å². The lowest BCUT2D eigenvalue weighted by Crippen LogP contribution is -1.99. The molecule has 0 saturated heterocycles. The summed E-state index contributed by atoms with van der Waals surface area (Å²) in [6.45, 7) is 0.671. The number of aromatic nitrogens is 1. The molecule has 0 amide bonds. The Hall–Kier alpha value is -2.18. The molecule has 2 N–H and O–H groups in total. The highest BCUT2D eigenvalue weighted by molar-refractivity contribution is 7.17. The smallest absolute Gasteiger partial charge is 0.308 e. The molecule has 4 nitrogen and oxygen atoms in total. The molecule has 6 heteroatoms. The van der Waals surface area contributed by atoms with E-state index in [1.165, 1.54) is 11.3 Å². The van der Waals surface area contributed by atoms with Gasteiger partial charge in [-0.15, -0.1) is 22.7 Å². The highest BCUT2D eigenvalue weighted by atomic mass is 32.1. The Morgan fingerprint density at radius 2 is 2.00 bits per heavy atom. The molecular weight excluding hydrogens is 316 g/mol. The maximum Gasteiger partial charge on any atom is 0.308 e. The fourth-order valence-corrected chi connectivity index (χ4v) is 3.83. The van der Waals surface area contributed by atoms with E-state index in [1.807, 2.05) is 47.8 Å². The molecule has 0 bridgehead atoms. The van der Waals surface area contributed by atoms with E-state index in [-0.39, 0.29) is 6.42 Å². The summed E-state index contributed by atoms with van der Waals surface area (Å²) >= 11 is 2.98. The summed E-state index contributed by atoms with van der Waals surface area (Å²) in [5, 5.41) is 15.1. The molecule has 0 saturated carbocycles. The van der Waals surface area contributed by atoms with Crippen molar-refractivity contribution in [1.29, 1.82) is 0 Å². The first-order valence-electron chi connectivity index (χ1n) is 6.75.